The Morgan fingerprint density at radius 2 is 2.27 bits per heavy atom. The van der Waals surface area contributed by atoms with Crippen LogP contribution in [0.1, 0.15) is 5.56 Å². The molecule has 0 bridgehead atoms. The highest BCUT2D eigenvalue weighted by Crippen LogP contribution is 2.24. The summed E-state index contributed by atoms with van der Waals surface area (Å²) >= 11 is 2.31. The van der Waals surface area contributed by atoms with Gasteiger partial charge in [-0.1, -0.05) is 0 Å². The third kappa shape index (κ3) is 1.40. The van der Waals surface area contributed by atoms with Crippen LogP contribution in [-0.2, 0) is 6.42 Å². The van der Waals surface area contributed by atoms with Gasteiger partial charge in [0, 0.05) is 3.57 Å². The van der Waals surface area contributed by atoms with E-state index in [9.17, 15) is 0 Å². The molecule has 2 rings (SSSR count). The first-order valence-electron chi connectivity index (χ1n) is 3.46. The van der Waals surface area contributed by atoms with Crippen molar-refractivity contribution in [3.05, 3.63) is 39.7 Å². The Labute approximate surface area is 79.2 Å². The molecule has 56 valence electrons. The molecule has 0 aromatic heterocycles. The molecule has 1 nitrogen and oxygen atoms in total. The minimum Gasteiger partial charge on any atom is -0.465 e. The number of hydrogen-bond acceptors (Lipinski definition) is 1. The zero-order valence-electron chi connectivity index (χ0n) is 5.88. The standard InChI is InChI=1S/C9H7IO/c10-8-3-4-9-7(6-8)2-1-5-11-9/h1,3-6H,2H2. The first-order chi connectivity index (χ1) is 5.36. The Morgan fingerprint density at radius 1 is 1.36 bits per heavy atom. The fourth-order valence-corrected chi connectivity index (χ4v) is 1.67. The summed E-state index contributed by atoms with van der Waals surface area (Å²) in [6.07, 6.45) is 4.76. The average molecular weight is 258 g/mol. The third-order valence-electron chi connectivity index (χ3n) is 1.65. The topological polar surface area (TPSA) is 9.23 Å². The van der Waals surface area contributed by atoms with Crippen molar-refractivity contribution in [1.82, 2.24) is 0 Å². The van der Waals surface area contributed by atoms with Crippen molar-refractivity contribution in [1.29, 1.82) is 0 Å². The Bertz CT molecular complexity index is 304. The maximum Gasteiger partial charge on any atom is 0.130 e. The average Bonchev–Trinajstić information content (AvgIpc) is 2.04. The molecular weight excluding hydrogens is 251 g/mol. The van der Waals surface area contributed by atoms with Gasteiger partial charge in [-0.2, -0.15) is 0 Å². The SMILES string of the molecule is Ic1ccc2c(c1)CC=CO2. The highest BCUT2D eigenvalue weighted by Gasteiger charge is 2.05. The Morgan fingerprint density at radius 3 is 3.18 bits per heavy atom. The number of halogens is 1. The lowest BCUT2D eigenvalue weighted by Crippen LogP contribution is -1.95. The Kier molecular flexibility index (Phi) is 1.85. The second kappa shape index (κ2) is 2.85. The van der Waals surface area contributed by atoms with Crippen LogP contribution in [0.5, 0.6) is 5.75 Å². The molecule has 0 radical (unpaired) electrons. The number of benzene rings is 1. The van der Waals surface area contributed by atoms with Gasteiger partial charge < -0.3 is 4.74 Å². The zero-order valence-corrected chi connectivity index (χ0v) is 8.04. The van der Waals surface area contributed by atoms with Gasteiger partial charge in [-0.15, -0.1) is 0 Å². The van der Waals surface area contributed by atoms with Crippen molar-refractivity contribution >= 4 is 22.6 Å². The highest BCUT2D eigenvalue weighted by molar-refractivity contribution is 14.1. The summed E-state index contributed by atoms with van der Waals surface area (Å²) in [5.41, 5.74) is 1.28. The zero-order chi connectivity index (χ0) is 7.68. The molecule has 1 aromatic carbocycles. The molecule has 0 amide bonds. The summed E-state index contributed by atoms with van der Waals surface area (Å²) < 4.78 is 6.56. The molecule has 1 heterocycles. The van der Waals surface area contributed by atoms with Crippen LogP contribution in [0.25, 0.3) is 0 Å². The molecule has 1 aliphatic rings. The van der Waals surface area contributed by atoms with E-state index in [1.807, 2.05) is 12.1 Å². The molecule has 0 N–H and O–H groups in total. The van der Waals surface area contributed by atoms with Gasteiger partial charge in [0.15, 0.2) is 0 Å². The molecule has 0 saturated carbocycles. The summed E-state index contributed by atoms with van der Waals surface area (Å²) in [6, 6.07) is 6.22. The summed E-state index contributed by atoms with van der Waals surface area (Å²) in [7, 11) is 0. The van der Waals surface area contributed by atoms with Crippen LogP contribution in [-0.4, -0.2) is 0 Å². The fraction of sp³-hybridized carbons (Fsp3) is 0.111. The second-order valence-electron chi connectivity index (χ2n) is 2.45. The van der Waals surface area contributed by atoms with E-state index in [0.717, 1.165) is 12.2 Å². The van der Waals surface area contributed by atoms with Gasteiger partial charge in [-0.3, -0.25) is 0 Å². The van der Waals surface area contributed by atoms with E-state index >= 15 is 0 Å². The normalized spacial score (nSPS) is 13.9. The Balaban J connectivity index is 2.48. The number of allylic oxidation sites excluding steroid dienone is 1. The minimum atomic E-state index is 0.992. The smallest absolute Gasteiger partial charge is 0.130 e. The molecule has 0 atom stereocenters. The second-order valence-corrected chi connectivity index (χ2v) is 3.69. The van der Waals surface area contributed by atoms with Crippen LogP contribution in [0, 0.1) is 3.57 Å². The van der Waals surface area contributed by atoms with E-state index in [2.05, 4.69) is 34.7 Å². The lowest BCUT2D eigenvalue weighted by molar-refractivity contribution is 0.464. The van der Waals surface area contributed by atoms with Crippen LogP contribution >= 0.6 is 22.6 Å². The minimum absolute atomic E-state index is 0.992. The predicted molar refractivity (Wildman–Crippen MR) is 52.6 cm³/mol. The largest absolute Gasteiger partial charge is 0.465 e. The van der Waals surface area contributed by atoms with Gasteiger partial charge in [-0.05, 0) is 58.9 Å². The van der Waals surface area contributed by atoms with Crippen molar-refractivity contribution in [2.75, 3.05) is 0 Å². The summed E-state index contributed by atoms with van der Waals surface area (Å²) in [6.45, 7) is 0. The molecule has 2 heteroatoms. The lowest BCUT2D eigenvalue weighted by Gasteiger charge is -2.10. The van der Waals surface area contributed by atoms with E-state index in [1.165, 1.54) is 9.13 Å². The van der Waals surface area contributed by atoms with Crippen molar-refractivity contribution in [2.24, 2.45) is 0 Å². The van der Waals surface area contributed by atoms with E-state index in [4.69, 9.17) is 4.74 Å². The van der Waals surface area contributed by atoms with Crippen molar-refractivity contribution < 1.29 is 4.74 Å². The van der Waals surface area contributed by atoms with Crippen LogP contribution in [0.15, 0.2) is 30.5 Å². The van der Waals surface area contributed by atoms with E-state index < -0.39 is 0 Å². The number of ether oxygens (including phenoxy) is 1. The number of fused-ring (bicyclic) bond motifs is 1. The monoisotopic (exact) mass is 258 g/mol. The van der Waals surface area contributed by atoms with Crippen LogP contribution in [0.2, 0.25) is 0 Å². The van der Waals surface area contributed by atoms with Crippen molar-refractivity contribution in [2.45, 2.75) is 6.42 Å². The van der Waals surface area contributed by atoms with Gasteiger partial charge in [0.2, 0.25) is 0 Å². The summed E-state index contributed by atoms with van der Waals surface area (Å²) in [5, 5.41) is 0. The maximum atomic E-state index is 5.29. The highest BCUT2D eigenvalue weighted by atomic mass is 127. The van der Waals surface area contributed by atoms with Gasteiger partial charge in [0.05, 0.1) is 6.26 Å². The molecule has 11 heavy (non-hydrogen) atoms. The van der Waals surface area contributed by atoms with E-state index in [0.29, 0.717) is 0 Å². The van der Waals surface area contributed by atoms with Gasteiger partial charge >= 0.3 is 0 Å². The molecule has 1 aliphatic heterocycles. The molecule has 0 saturated heterocycles. The van der Waals surface area contributed by atoms with E-state index in [1.54, 1.807) is 6.26 Å². The molecule has 0 unspecified atom stereocenters. The van der Waals surface area contributed by atoms with Crippen molar-refractivity contribution in [3.8, 4) is 5.75 Å². The van der Waals surface area contributed by atoms with Crippen LogP contribution in [0.4, 0.5) is 0 Å². The molecular formula is C9H7IO. The lowest BCUT2D eigenvalue weighted by atomic mass is 10.1. The van der Waals surface area contributed by atoms with E-state index in [-0.39, 0.29) is 0 Å². The van der Waals surface area contributed by atoms with Crippen LogP contribution < -0.4 is 4.74 Å². The summed E-state index contributed by atoms with van der Waals surface area (Å²) in [5.74, 6) is 0.993. The predicted octanol–water partition coefficient (Wildman–Crippen LogP) is 2.74. The summed E-state index contributed by atoms with van der Waals surface area (Å²) in [4.78, 5) is 0. The first kappa shape index (κ1) is 7.16. The number of hydrogen-bond donors (Lipinski definition) is 0. The number of rotatable bonds is 0. The maximum absolute atomic E-state index is 5.29. The Hall–Kier alpha value is -0.510. The van der Waals surface area contributed by atoms with Gasteiger partial charge in [-0.25, -0.2) is 0 Å². The molecule has 1 aromatic rings. The quantitative estimate of drug-likeness (QED) is 0.650. The van der Waals surface area contributed by atoms with Gasteiger partial charge in [0.25, 0.3) is 0 Å². The molecule has 0 spiro atoms. The molecule has 0 aliphatic carbocycles. The molecule has 0 fully saturated rings. The van der Waals surface area contributed by atoms with Gasteiger partial charge in [0.1, 0.15) is 5.75 Å². The first-order valence-corrected chi connectivity index (χ1v) is 4.54. The fourth-order valence-electron chi connectivity index (χ4n) is 1.12. The van der Waals surface area contributed by atoms with Crippen LogP contribution in [0.3, 0.4) is 0 Å². The van der Waals surface area contributed by atoms with Crippen molar-refractivity contribution in [3.63, 3.8) is 0 Å². The third-order valence-corrected chi connectivity index (χ3v) is 2.32.